The fourth-order valence-corrected chi connectivity index (χ4v) is 3.87. The molecular formula is C15H30N2. The second-order valence-corrected chi connectivity index (χ2v) is 6.09. The fraction of sp³-hybridized carbons (Fsp3) is 1.00. The van der Waals surface area contributed by atoms with E-state index in [2.05, 4.69) is 11.8 Å². The molecule has 100 valence electrons. The Balaban J connectivity index is 1.91. The molecule has 0 bridgehead atoms. The summed E-state index contributed by atoms with van der Waals surface area (Å²) in [4.78, 5) is 2.78. The summed E-state index contributed by atoms with van der Waals surface area (Å²) in [5.74, 6) is 1.77. The van der Waals surface area contributed by atoms with Crippen molar-refractivity contribution in [3.8, 4) is 0 Å². The van der Waals surface area contributed by atoms with Crippen LogP contribution < -0.4 is 5.73 Å². The summed E-state index contributed by atoms with van der Waals surface area (Å²) in [6.45, 7) is 5.92. The van der Waals surface area contributed by atoms with Crippen LogP contribution in [-0.4, -0.2) is 30.6 Å². The Morgan fingerprint density at radius 1 is 1.00 bits per heavy atom. The Hall–Kier alpha value is -0.0800. The van der Waals surface area contributed by atoms with Crippen LogP contribution in [0.4, 0.5) is 0 Å². The molecule has 0 aromatic rings. The van der Waals surface area contributed by atoms with Crippen LogP contribution in [0, 0.1) is 11.8 Å². The lowest BCUT2D eigenvalue weighted by atomic mass is 9.83. The quantitative estimate of drug-likeness (QED) is 0.819. The van der Waals surface area contributed by atoms with Crippen molar-refractivity contribution in [2.24, 2.45) is 17.6 Å². The standard InChI is InChI=1S/C15H30N2/c1-2-13-6-5-10-17(11-9-13)15-8-4-3-7-14(15)12-16/h13-15H,2-12,16H2,1H3. The first kappa shape index (κ1) is 13.4. The average Bonchev–Trinajstić information content (AvgIpc) is 2.63. The van der Waals surface area contributed by atoms with Gasteiger partial charge in [-0.1, -0.05) is 26.2 Å². The number of nitrogens with zero attached hydrogens (tertiary/aromatic N) is 1. The van der Waals surface area contributed by atoms with Gasteiger partial charge in [-0.15, -0.1) is 0 Å². The summed E-state index contributed by atoms with van der Waals surface area (Å²) < 4.78 is 0. The molecule has 2 aliphatic rings. The van der Waals surface area contributed by atoms with Crippen molar-refractivity contribution in [2.75, 3.05) is 19.6 Å². The molecule has 2 N–H and O–H groups in total. The predicted molar refractivity (Wildman–Crippen MR) is 74.0 cm³/mol. The largest absolute Gasteiger partial charge is 0.330 e. The maximum Gasteiger partial charge on any atom is 0.0135 e. The first-order chi connectivity index (χ1) is 8.35. The van der Waals surface area contributed by atoms with Gasteiger partial charge in [-0.25, -0.2) is 0 Å². The molecule has 0 spiro atoms. The first-order valence-electron chi connectivity index (χ1n) is 7.79. The van der Waals surface area contributed by atoms with Gasteiger partial charge in [0.1, 0.15) is 0 Å². The van der Waals surface area contributed by atoms with Crippen LogP contribution in [0.2, 0.25) is 0 Å². The van der Waals surface area contributed by atoms with E-state index in [1.54, 1.807) is 0 Å². The van der Waals surface area contributed by atoms with Crippen molar-refractivity contribution in [3.05, 3.63) is 0 Å². The van der Waals surface area contributed by atoms with E-state index in [0.29, 0.717) is 0 Å². The monoisotopic (exact) mass is 238 g/mol. The first-order valence-corrected chi connectivity index (χ1v) is 7.79. The summed E-state index contributed by atoms with van der Waals surface area (Å²) in [6, 6.07) is 0.810. The van der Waals surface area contributed by atoms with Crippen LogP contribution in [-0.2, 0) is 0 Å². The van der Waals surface area contributed by atoms with Crippen LogP contribution in [0.1, 0.15) is 58.3 Å². The summed E-state index contributed by atoms with van der Waals surface area (Å²) in [5, 5.41) is 0. The molecule has 3 unspecified atom stereocenters. The summed E-state index contributed by atoms with van der Waals surface area (Å²) in [5.41, 5.74) is 5.97. The third kappa shape index (κ3) is 3.45. The van der Waals surface area contributed by atoms with Gasteiger partial charge in [-0.3, -0.25) is 0 Å². The highest BCUT2D eigenvalue weighted by Crippen LogP contribution is 2.30. The van der Waals surface area contributed by atoms with Crippen molar-refractivity contribution < 1.29 is 0 Å². The zero-order valence-electron chi connectivity index (χ0n) is 11.5. The van der Waals surface area contributed by atoms with Gasteiger partial charge in [0.25, 0.3) is 0 Å². The molecule has 1 aliphatic heterocycles. The number of likely N-dealkylation sites (tertiary alicyclic amines) is 1. The van der Waals surface area contributed by atoms with Crippen molar-refractivity contribution in [2.45, 2.75) is 64.3 Å². The molecule has 0 aromatic heterocycles. The lowest BCUT2D eigenvalue weighted by Crippen LogP contribution is -2.45. The van der Waals surface area contributed by atoms with Gasteiger partial charge < -0.3 is 10.6 Å². The van der Waals surface area contributed by atoms with Gasteiger partial charge >= 0.3 is 0 Å². The molecule has 2 fully saturated rings. The molecule has 1 saturated carbocycles. The molecular weight excluding hydrogens is 208 g/mol. The summed E-state index contributed by atoms with van der Waals surface area (Å²) >= 11 is 0. The van der Waals surface area contributed by atoms with Crippen LogP contribution in [0.25, 0.3) is 0 Å². The summed E-state index contributed by atoms with van der Waals surface area (Å²) in [6.07, 6.45) is 11.3. The molecule has 2 nitrogen and oxygen atoms in total. The van der Waals surface area contributed by atoms with Crippen LogP contribution in [0.3, 0.4) is 0 Å². The minimum Gasteiger partial charge on any atom is -0.330 e. The Kier molecular flexibility index (Phi) is 5.30. The second kappa shape index (κ2) is 6.75. The van der Waals surface area contributed by atoms with Gasteiger partial charge in [0.15, 0.2) is 0 Å². The normalized spacial score (nSPS) is 36.7. The van der Waals surface area contributed by atoms with E-state index in [9.17, 15) is 0 Å². The topological polar surface area (TPSA) is 29.3 Å². The Labute approximate surface area is 107 Å². The molecule has 1 aliphatic carbocycles. The van der Waals surface area contributed by atoms with E-state index in [1.807, 2.05) is 0 Å². The van der Waals surface area contributed by atoms with Crippen LogP contribution >= 0.6 is 0 Å². The molecule has 17 heavy (non-hydrogen) atoms. The maximum absolute atomic E-state index is 5.97. The number of rotatable bonds is 3. The molecule has 0 aromatic carbocycles. The zero-order chi connectivity index (χ0) is 12.1. The molecule has 2 rings (SSSR count). The zero-order valence-corrected chi connectivity index (χ0v) is 11.5. The predicted octanol–water partition coefficient (Wildman–Crippen LogP) is 3.02. The van der Waals surface area contributed by atoms with Crippen molar-refractivity contribution >= 4 is 0 Å². The van der Waals surface area contributed by atoms with Gasteiger partial charge in [0.05, 0.1) is 0 Å². The number of hydrogen-bond donors (Lipinski definition) is 1. The Morgan fingerprint density at radius 3 is 2.59 bits per heavy atom. The van der Waals surface area contributed by atoms with Gasteiger partial charge in [0.2, 0.25) is 0 Å². The van der Waals surface area contributed by atoms with E-state index in [0.717, 1.165) is 24.4 Å². The van der Waals surface area contributed by atoms with E-state index in [4.69, 9.17) is 5.73 Å². The highest BCUT2D eigenvalue weighted by molar-refractivity contribution is 4.85. The molecule has 0 radical (unpaired) electrons. The molecule has 1 saturated heterocycles. The second-order valence-electron chi connectivity index (χ2n) is 6.09. The highest BCUT2D eigenvalue weighted by atomic mass is 15.2. The SMILES string of the molecule is CCC1CCCN(C2CCCCC2CN)CC1. The van der Waals surface area contributed by atoms with E-state index in [-0.39, 0.29) is 0 Å². The highest BCUT2D eigenvalue weighted by Gasteiger charge is 2.30. The van der Waals surface area contributed by atoms with Crippen LogP contribution in [0.5, 0.6) is 0 Å². The van der Waals surface area contributed by atoms with E-state index in [1.165, 1.54) is 64.5 Å². The van der Waals surface area contributed by atoms with Gasteiger partial charge in [0, 0.05) is 6.04 Å². The third-order valence-corrected chi connectivity index (χ3v) is 5.10. The van der Waals surface area contributed by atoms with E-state index >= 15 is 0 Å². The Morgan fingerprint density at radius 2 is 1.82 bits per heavy atom. The molecule has 0 amide bonds. The molecule has 3 atom stereocenters. The van der Waals surface area contributed by atoms with E-state index < -0.39 is 0 Å². The fourth-order valence-electron chi connectivity index (χ4n) is 3.87. The van der Waals surface area contributed by atoms with Crippen molar-refractivity contribution in [1.29, 1.82) is 0 Å². The minimum atomic E-state index is 0.780. The minimum absolute atomic E-state index is 0.780. The van der Waals surface area contributed by atoms with Crippen LogP contribution in [0.15, 0.2) is 0 Å². The molecule has 1 heterocycles. The third-order valence-electron chi connectivity index (χ3n) is 5.10. The van der Waals surface area contributed by atoms with Crippen molar-refractivity contribution in [3.63, 3.8) is 0 Å². The maximum atomic E-state index is 5.97. The number of hydrogen-bond acceptors (Lipinski definition) is 2. The van der Waals surface area contributed by atoms with Crippen molar-refractivity contribution in [1.82, 2.24) is 4.90 Å². The Bertz CT molecular complexity index is 217. The van der Waals surface area contributed by atoms with Gasteiger partial charge in [-0.2, -0.15) is 0 Å². The average molecular weight is 238 g/mol. The molecule has 2 heteroatoms. The lowest BCUT2D eigenvalue weighted by molar-refractivity contribution is 0.109. The van der Waals surface area contributed by atoms with Gasteiger partial charge in [-0.05, 0) is 63.6 Å². The lowest BCUT2D eigenvalue weighted by Gasteiger charge is -2.39. The smallest absolute Gasteiger partial charge is 0.0135 e. The number of nitrogens with two attached hydrogens (primary N) is 1. The summed E-state index contributed by atoms with van der Waals surface area (Å²) in [7, 11) is 0.